The van der Waals surface area contributed by atoms with Crippen LogP contribution in [0.3, 0.4) is 0 Å². The summed E-state index contributed by atoms with van der Waals surface area (Å²) in [5.74, 6) is 0.327. The van der Waals surface area contributed by atoms with Crippen LogP contribution < -0.4 is 10.6 Å². The van der Waals surface area contributed by atoms with Crippen molar-refractivity contribution in [3.05, 3.63) is 18.0 Å². The Balaban J connectivity index is 2.06. The Morgan fingerprint density at radius 3 is 2.93 bits per heavy atom. The molecule has 2 rings (SSSR count). The summed E-state index contributed by atoms with van der Waals surface area (Å²) in [6.07, 6.45) is 3.81. The molecular formula is C8H12N6S. The highest BCUT2D eigenvalue weighted by molar-refractivity contribution is 7.09. The monoisotopic (exact) mass is 224 g/mol. The van der Waals surface area contributed by atoms with Crippen LogP contribution in [-0.4, -0.2) is 26.2 Å². The van der Waals surface area contributed by atoms with Gasteiger partial charge in [0.1, 0.15) is 0 Å². The zero-order valence-electron chi connectivity index (χ0n) is 8.58. The van der Waals surface area contributed by atoms with E-state index in [0.29, 0.717) is 5.95 Å². The fourth-order valence-corrected chi connectivity index (χ4v) is 1.83. The molecule has 2 aromatic rings. The van der Waals surface area contributed by atoms with Crippen molar-refractivity contribution in [2.24, 2.45) is 7.05 Å². The van der Waals surface area contributed by atoms with Crippen molar-refractivity contribution in [1.29, 1.82) is 0 Å². The fourth-order valence-electron chi connectivity index (χ4n) is 1.28. The van der Waals surface area contributed by atoms with Gasteiger partial charge in [-0.05, 0) is 0 Å². The van der Waals surface area contributed by atoms with Crippen LogP contribution in [0.15, 0.2) is 12.4 Å². The minimum absolute atomic E-state index is 0.327. The molecule has 6 nitrogen and oxygen atoms in total. The Morgan fingerprint density at radius 2 is 2.40 bits per heavy atom. The highest BCUT2D eigenvalue weighted by Crippen LogP contribution is 2.18. The van der Waals surface area contributed by atoms with E-state index in [9.17, 15) is 0 Å². The van der Waals surface area contributed by atoms with E-state index in [2.05, 4.69) is 14.5 Å². The maximum atomic E-state index is 5.46. The van der Waals surface area contributed by atoms with Crippen molar-refractivity contribution in [3.63, 3.8) is 0 Å². The lowest BCUT2D eigenvalue weighted by atomic mass is 10.3. The molecular weight excluding hydrogens is 212 g/mol. The zero-order chi connectivity index (χ0) is 10.8. The van der Waals surface area contributed by atoms with E-state index >= 15 is 0 Å². The number of hydrogen-bond donors (Lipinski definition) is 1. The number of aryl methyl sites for hydroxylation is 1. The molecule has 0 radical (unpaired) electrons. The van der Waals surface area contributed by atoms with E-state index in [1.54, 1.807) is 4.68 Å². The summed E-state index contributed by atoms with van der Waals surface area (Å²) in [5.41, 5.74) is 6.59. The zero-order valence-corrected chi connectivity index (χ0v) is 9.40. The van der Waals surface area contributed by atoms with Crippen LogP contribution in [0, 0.1) is 0 Å². The molecule has 2 aromatic heterocycles. The first-order chi connectivity index (χ1) is 7.15. The van der Waals surface area contributed by atoms with Crippen molar-refractivity contribution in [2.45, 2.75) is 6.54 Å². The molecule has 0 aliphatic carbocycles. The van der Waals surface area contributed by atoms with E-state index in [-0.39, 0.29) is 0 Å². The van der Waals surface area contributed by atoms with Crippen LogP contribution in [0.25, 0.3) is 0 Å². The average Bonchev–Trinajstić information content (AvgIpc) is 2.75. The number of rotatable bonds is 3. The van der Waals surface area contributed by atoms with Crippen LogP contribution >= 0.6 is 11.5 Å². The first kappa shape index (κ1) is 9.91. The molecule has 0 aromatic carbocycles. The molecule has 0 amide bonds. The highest BCUT2D eigenvalue weighted by Gasteiger charge is 2.08. The van der Waals surface area contributed by atoms with Gasteiger partial charge in [-0.1, -0.05) is 0 Å². The third kappa shape index (κ3) is 2.24. The summed E-state index contributed by atoms with van der Waals surface area (Å²) in [6, 6.07) is 0. The van der Waals surface area contributed by atoms with Gasteiger partial charge < -0.3 is 10.6 Å². The van der Waals surface area contributed by atoms with Crippen LogP contribution in [-0.2, 0) is 13.6 Å². The summed E-state index contributed by atoms with van der Waals surface area (Å²) in [4.78, 5) is 6.09. The van der Waals surface area contributed by atoms with Gasteiger partial charge in [0, 0.05) is 43.9 Å². The average molecular weight is 224 g/mol. The van der Waals surface area contributed by atoms with Gasteiger partial charge in [-0.3, -0.25) is 4.68 Å². The van der Waals surface area contributed by atoms with E-state index in [0.717, 1.165) is 17.2 Å². The Kier molecular flexibility index (Phi) is 2.55. The number of hydrogen-bond acceptors (Lipinski definition) is 6. The molecule has 0 atom stereocenters. The molecule has 2 heterocycles. The number of anilines is 2. The molecule has 0 saturated carbocycles. The Morgan fingerprint density at radius 1 is 1.60 bits per heavy atom. The van der Waals surface area contributed by atoms with Gasteiger partial charge in [-0.15, -0.1) is 0 Å². The molecule has 2 N–H and O–H groups in total. The van der Waals surface area contributed by atoms with Gasteiger partial charge in [0.25, 0.3) is 0 Å². The SMILES string of the molecule is CN(Cc1cnn(C)c1)c1nc(N)ns1. The number of nitrogens with two attached hydrogens (primary N) is 1. The van der Waals surface area contributed by atoms with Crippen LogP contribution in [0.4, 0.5) is 11.1 Å². The number of nitrogens with zero attached hydrogens (tertiary/aromatic N) is 5. The maximum Gasteiger partial charge on any atom is 0.233 e. The molecule has 0 fully saturated rings. The molecule has 7 heteroatoms. The summed E-state index contributed by atoms with van der Waals surface area (Å²) >= 11 is 1.30. The van der Waals surface area contributed by atoms with Gasteiger partial charge in [-0.25, -0.2) is 0 Å². The molecule has 15 heavy (non-hydrogen) atoms. The molecule has 0 saturated heterocycles. The predicted molar refractivity (Wildman–Crippen MR) is 59.6 cm³/mol. The second-order valence-corrected chi connectivity index (χ2v) is 4.04. The Hall–Kier alpha value is -1.63. The topological polar surface area (TPSA) is 72.9 Å². The Bertz CT molecular complexity index is 447. The van der Waals surface area contributed by atoms with Gasteiger partial charge in [0.15, 0.2) is 0 Å². The van der Waals surface area contributed by atoms with Crippen molar-refractivity contribution in [1.82, 2.24) is 19.1 Å². The lowest BCUT2D eigenvalue weighted by molar-refractivity contribution is 0.766. The number of aromatic nitrogens is 4. The largest absolute Gasteiger partial charge is 0.367 e. The third-order valence-corrected chi connectivity index (χ3v) is 2.78. The van der Waals surface area contributed by atoms with Crippen molar-refractivity contribution < 1.29 is 0 Å². The van der Waals surface area contributed by atoms with Gasteiger partial charge >= 0.3 is 0 Å². The first-order valence-corrected chi connectivity index (χ1v) is 5.20. The molecule has 0 bridgehead atoms. The first-order valence-electron chi connectivity index (χ1n) is 4.43. The number of nitrogen functional groups attached to an aromatic ring is 1. The molecule has 0 aliphatic rings. The molecule has 0 spiro atoms. The quantitative estimate of drug-likeness (QED) is 0.821. The minimum atomic E-state index is 0.327. The van der Waals surface area contributed by atoms with Gasteiger partial charge in [0.05, 0.1) is 6.20 Å². The van der Waals surface area contributed by atoms with Crippen LogP contribution in [0.2, 0.25) is 0 Å². The standard InChI is InChI=1S/C8H12N6S/c1-13(8-11-7(9)12-15-8)4-6-3-10-14(2)5-6/h3,5H,4H2,1-2H3,(H2,9,12). The third-order valence-electron chi connectivity index (χ3n) is 1.94. The molecule has 80 valence electrons. The summed E-state index contributed by atoms with van der Waals surface area (Å²) in [5, 5.41) is 4.92. The Labute approximate surface area is 91.5 Å². The lowest BCUT2D eigenvalue weighted by Crippen LogP contribution is -2.15. The lowest BCUT2D eigenvalue weighted by Gasteiger charge is -2.12. The van der Waals surface area contributed by atoms with Crippen molar-refractivity contribution in [2.75, 3.05) is 17.7 Å². The maximum absolute atomic E-state index is 5.46. The van der Waals surface area contributed by atoms with E-state index in [1.807, 2.05) is 31.4 Å². The summed E-state index contributed by atoms with van der Waals surface area (Å²) in [7, 11) is 3.85. The van der Waals surface area contributed by atoms with E-state index in [1.165, 1.54) is 11.5 Å². The van der Waals surface area contributed by atoms with Gasteiger partial charge in [-0.2, -0.15) is 14.5 Å². The fraction of sp³-hybridized carbons (Fsp3) is 0.375. The van der Waals surface area contributed by atoms with E-state index in [4.69, 9.17) is 5.73 Å². The highest BCUT2D eigenvalue weighted by atomic mass is 32.1. The van der Waals surface area contributed by atoms with Crippen LogP contribution in [0.5, 0.6) is 0 Å². The normalized spacial score (nSPS) is 10.5. The minimum Gasteiger partial charge on any atom is -0.367 e. The van der Waals surface area contributed by atoms with Crippen molar-refractivity contribution in [3.8, 4) is 0 Å². The predicted octanol–water partition coefficient (Wildman–Crippen LogP) is 0.490. The summed E-state index contributed by atoms with van der Waals surface area (Å²) in [6.45, 7) is 0.752. The smallest absolute Gasteiger partial charge is 0.233 e. The van der Waals surface area contributed by atoms with Crippen molar-refractivity contribution >= 4 is 22.6 Å². The summed E-state index contributed by atoms with van der Waals surface area (Å²) < 4.78 is 5.71. The molecule has 0 unspecified atom stereocenters. The van der Waals surface area contributed by atoms with Crippen LogP contribution in [0.1, 0.15) is 5.56 Å². The van der Waals surface area contributed by atoms with E-state index < -0.39 is 0 Å². The second-order valence-electron chi connectivity index (χ2n) is 3.31. The van der Waals surface area contributed by atoms with Gasteiger partial charge in [0.2, 0.25) is 11.1 Å². The second kappa shape index (κ2) is 3.85. The molecule has 0 aliphatic heterocycles.